The first-order valence-corrected chi connectivity index (χ1v) is 10.1. The zero-order valence-electron chi connectivity index (χ0n) is 14.8. The van der Waals surface area contributed by atoms with E-state index in [0.717, 1.165) is 42.4 Å². The van der Waals surface area contributed by atoms with E-state index in [9.17, 15) is 13.6 Å². The smallest absolute Gasteiger partial charge is 0.319 e. The molecule has 2 aromatic carbocycles. The molecule has 0 spiro atoms. The van der Waals surface area contributed by atoms with Gasteiger partial charge in [0.15, 0.2) is 11.6 Å². The van der Waals surface area contributed by atoms with Gasteiger partial charge in [0, 0.05) is 30.3 Å². The average Bonchev–Trinajstić information content (AvgIpc) is 2.64. The zero-order valence-corrected chi connectivity index (χ0v) is 16.3. The van der Waals surface area contributed by atoms with E-state index in [2.05, 4.69) is 15.5 Å². The standard InChI is InChI=1S/C19H20ClF2N3OS/c1-12(13-2-4-16(21)17(22)10-13)23-19(26)24-14-3-5-18(15(20)11-14)25-6-8-27-9-7-25/h2-5,10-12H,6-9H2,1H3,(H2,23,24,26). The van der Waals surface area contributed by atoms with E-state index >= 15 is 0 Å². The predicted molar refractivity (Wildman–Crippen MR) is 108 cm³/mol. The van der Waals surface area contributed by atoms with Gasteiger partial charge in [0.1, 0.15) is 0 Å². The summed E-state index contributed by atoms with van der Waals surface area (Å²) in [6.07, 6.45) is 0. The Morgan fingerprint density at radius 1 is 1.15 bits per heavy atom. The summed E-state index contributed by atoms with van der Waals surface area (Å²) in [5, 5.41) is 5.99. The summed E-state index contributed by atoms with van der Waals surface area (Å²) in [5.74, 6) is 0.277. The molecular weight excluding hydrogens is 392 g/mol. The first kappa shape index (κ1) is 19.8. The van der Waals surface area contributed by atoms with Crippen LogP contribution in [-0.2, 0) is 0 Å². The van der Waals surface area contributed by atoms with Crippen molar-refractivity contribution in [2.45, 2.75) is 13.0 Å². The maximum absolute atomic E-state index is 13.3. The third-order valence-corrected chi connectivity index (χ3v) is 5.59. The molecule has 8 heteroatoms. The van der Waals surface area contributed by atoms with Crippen molar-refractivity contribution in [1.29, 1.82) is 0 Å². The van der Waals surface area contributed by atoms with Crippen molar-refractivity contribution >= 4 is 40.8 Å². The Morgan fingerprint density at radius 2 is 1.89 bits per heavy atom. The minimum absolute atomic E-state index is 0.453. The van der Waals surface area contributed by atoms with E-state index in [1.807, 2.05) is 17.8 Å². The quantitative estimate of drug-likeness (QED) is 0.739. The molecule has 1 unspecified atom stereocenters. The fraction of sp³-hybridized carbons (Fsp3) is 0.316. The molecule has 1 fully saturated rings. The molecular formula is C19H20ClF2N3OS. The summed E-state index contributed by atoms with van der Waals surface area (Å²) in [4.78, 5) is 14.4. The molecule has 1 aliphatic rings. The maximum atomic E-state index is 13.3. The topological polar surface area (TPSA) is 44.4 Å². The molecule has 0 radical (unpaired) electrons. The molecule has 0 saturated carbocycles. The summed E-state index contributed by atoms with van der Waals surface area (Å²) >= 11 is 8.30. The molecule has 27 heavy (non-hydrogen) atoms. The van der Waals surface area contributed by atoms with Crippen LogP contribution >= 0.6 is 23.4 Å². The van der Waals surface area contributed by atoms with E-state index in [-0.39, 0.29) is 0 Å². The number of nitrogens with zero attached hydrogens (tertiary/aromatic N) is 1. The van der Waals surface area contributed by atoms with Gasteiger partial charge < -0.3 is 15.5 Å². The number of halogens is 3. The minimum Gasteiger partial charge on any atom is -0.369 e. The molecule has 144 valence electrons. The van der Waals surface area contributed by atoms with Crippen molar-refractivity contribution in [1.82, 2.24) is 5.32 Å². The van der Waals surface area contributed by atoms with Crippen molar-refractivity contribution < 1.29 is 13.6 Å². The Kier molecular flexibility index (Phi) is 6.44. The molecule has 0 aliphatic carbocycles. The Hall–Kier alpha value is -1.99. The number of carbonyl (C=O) groups is 1. The lowest BCUT2D eigenvalue weighted by Gasteiger charge is -2.29. The third kappa shape index (κ3) is 5.05. The SMILES string of the molecule is CC(NC(=O)Nc1ccc(N2CCSCC2)c(Cl)c1)c1ccc(F)c(F)c1. The first-order valence-electron chi connectivity index (χ1n) is 8.59. The van der Waals surface area contributed by atoms with Crippen molar-refractivity contribution in [2.24, 2.45) is 0 Å². The summed E-state index contributed by atoms with van der Waals surface area (Å²) in [7, 11) is 0. The summed E-state index contributed by atoms with van der Waals surface area (Å²) in [6.45, 7) is 3.59. The molecule has 2 amide bonds. The van der Waals surface area contributed by atoms with Crippen LogP contribution < -0.4 is 15.5 Å². The zero-order chi connectivity index (χ0) is 19.4. The molecule has 1 heterocycles. The average molecular weight is 412 g/mol. The lowest BCUT2D eigenvalue weighted by atomic mass is 10.1. The third-order valence-electron chi connectivity index (χ3n) is 4.35. The Labute approximate surface area is 166 Å². The number of benzene rings is 2. The lowest BCUT2D eigenvalue weighted by molar-refractivity contribution is 0.249. The van der Waals surface area contributed by atoms with Gasteiger partial charge in [-0.25, -0.2) is 13.6 Å². The highest BCUT2D eigenvalue weighted by Gasteiger charge is 2.16. The first-order chi connectivity index (χ1) is 12.9. The van der Waals surface area contributed by atoms with Crippen molar-refractivity contribution in [3.05, 3.63) is 58.6 Å². The van der Waals surface area contributed by atoms with Gasteiger partial charge in [-0.05, 0) is 42.8 Å². The highest BCUT2D eigenvalue weighted by atomic mass is 35.5. The summed E-state index contributed by atoms with van der Waals surface area (Å²) in [5.41, 5.74) is 1.99. The fourth-order valence-corrected chi connectivity index (χ4v) is 4.08. The number of anilines is 2. The molecule has 3 rings (SSSR count). The number of urea groups is 1. The lowest BCUT2D eigenvalue weighted by Crippen LogP contribution is -2.33. The second kappa shape index (κ2) is 8.80. The summed E-state index contributed by atoms with van der Waals surface area (Å²) in [6, 6.07) is 8.01. The number of rotatable bonds is 4. The van der Waals surface area contributed by atoms with Crippen LogP contribution in [-0.4, -0.2) is 30.6 Å². The molecule has 2 N–H and O–H groups in total. The van der Waals surface area contributed by atoms with Crippen LogP contribution in [0.2, 0.25) is 5.02 Å². The maximum Gasteiger partial charge on any atom is 0.319 e. The predicted octanol–water partition coefficient (Wildman–Crippen LogP) is 5.05. The van der Waals surface area contributed by atoms with Crippen LogP contribution in [0.15, 0.2) is 36.4 Å². The highest BCUT2D eigenvalue weighted by molar-refractivity contribution is 7.99. The van der Waals surface area contributed by atoms with Crippen LogP contribution in [0.1, 0.15) is 18.5 Å². The van der Waals surface area contributed by atoms with Gasteiger partial charge in [-0.2, -0.15) is 11.8 Å². The minimum atomic E-state index is -0.944. The second-order valence-corrected chi connectivity index (χ2v) is 7.89. The van der Waals surface area contributed by atoms with Gasteiger partial charge in [0.25, 0.3) is 0 Å². The van der Waals surface area contributed by atoms with Crippen molar-refractivity contribution in [2.75, 3.05) is 34.8 Å². The number of amides is 2. The van der Waals surface area contributed by atoms with Crippen LogP contribution in [0.5, 0.6) is 0 Å². The van der Waals surface area contributed by atoms with E-state index in [1.165, 1.54) is 6.07 Å². The normalized spacial score (nSPS) is 15.3. The Balaban J connectivity index is 1.61. The van der Waals surface area contributed by atoms with Gasteiger partial charge in [0.05, 0.1) is 16.8 Å². The highest BCUT2D eigenvalue weighted by Crippen LogP contribution is 2.30. The molecule has 1 atom stereocenters. The number of thioether (sulfide) groups is 1. The molecule has 0 aromatic heterocycles. The van der Waals surface area contributed by atoms with Crippen LogP contribution in [0.4, 0.5) is 25.0 Å². The number of nitrogens with one attached hydrogen (secondary N) is 2. The Morgan fingerprint density at radius 3 is 2.56 bits per heavy atom. The monoisotopic (exact) mass is 411 g/mol. The number of hydrogen-bond donors (Lipinski definition) is 2. The Bertz CT molecular complexity index is 831. The molecule has 4 nitrogen and oxygen atoms in total. The van der Waals surface area contributed by atoms with Crippen molar-refractivity contribution in [3.63, 3.8) is 0 Å². The van der Waals surface area contributed by atoms with Crippen molar-refractivity contribution in [3.8, 4) is 0 Å². The van der Waals surface area contributed by atoms with E-state index in [4.69, 9.17) is 11.6 Å². The van der Waals surface area contributed by atoms with Crippen LogP contribution in [0.3, 0.4) is 0 Å². The molecule has 2 aromatic rings. The fourth-order valence-electron chi connectivity index (χ4n) is 2.87. The second-order valence-electron chi connectivity index (χ2n) is 6.26. The number of hydrogen-bond acceptors (Lipinski definition) is 3. The largest absolute Gasteiger partial charge is 0.369 e. The summed E-state index contributed by atoms with van der Waals surface area (Å²) < 4.78 is 26.4. The molecule has 0 bridgehead atoms. The van der Waals surface area contributed by atoms with Gasteiger partial charge in [-0.15, -0.1) is 0 Å². The molecule has 1 aliphatic heterocycles. The van der Waals surface area contributed by atoms with Gasteiger partial charge >= 0.3 is 6.03 Å². The van der Waals surface area contributed by atoms with Crippen LogP contribution in [0, 0.1) is 11.6 Å². The van der Waals surface area contributed by atoms with E-state index in [0.29, 0.717) is 16.3 Å². The molecule has 1 saturated heterocycles. The van der Waals surface area contributed by atoms with E-state index in [1.54, 1.807) is 19.1 Å². The van der Waals surface area contributed by atoms with Gasteiger partial charge in [-0.3, -0.25) is 0 Å². The van der Waals surface area contributed by atoms with Gasteiger partial charge in [0.2, 0.25) is 0 Å². The van der Waals surface area contributed by atoms with Gasteiger partial charge in [-0.1, -0.05) is 17.7 Å². The van der Waals surface area contributed by atoms with E-state index < -0.39 is 23.7 Å². The number of carbonyl (C=O) groups excluding carboxylic acids is 1. The van der Waals surface area contributed by atoms with Crippen LogP contribution in [0.25, 0.3) is 0 Å².